The number of halogens is 2. The first kappa shape index (κ1) is 35.3. The van der Waals surface area contributed by atoms with Gasteiger partial charge in [-0.3, -0.25) is 14.8 Å². The van der Waals surface area contributed by atoms with Crippen LogP contribution in [-0.2, 0) is 15.9 Å². The average Bonchev–Trinajstić information content (AvgIpc) is 3.08. The van der Waals surface area contributed by atoms with E-state index in [1.807, 2.05) is 12.1 Å². The highest BCUT2D eigenvalue weighted by Gasteiger charge is 2.20. The molecule has 47 heavy (non-hydrogen) atoms. The van der Waals surface area contributed by atoms with Crippen molar-refractivity contribution in [2.75, 3.05) is 79.6 Å². The fraction of sp³-hybridized carbons (Fsp3) is 0.310. The summed E-state index contributed by atoms with van der Waals surface area (Å²) in [5, 5.41) is 8.49. The second-order valence-corrected chi connectivity index (χ2v) is 11.5. The molecule has 0 unspecified atom stereocenters. The minimum Gasteiger partial charge on any atom is -0.476 e. The molecule has 0 saturated carbocycles. The van der Waals surface area contributed by atoms with Gasteiger partial charge in [0, 0.05) is 62.4 Å². The molecule has 0 aromatic carbocycles. The van der Waals surface area contributed by atoms with Gasteiger partial charge in [-0.1, -0.05) is 0 Å². The van der Waals surface area contributed by atoms with Gasteiger partial charge >= 0.3 is 5.97 Å². The number of carboxylic acids is 1. The van der Waals surface area contributed by atoms with Crippen LogP contribution in [0.5, 0.6) is 0 Å². The highest BCUT2D eigenvalue weighted by atomic mass is 79.9. The molecule has 16 nitrogen and oxygen atoms in total. The number of nitrogens with zero attached hydrogens (tertiary/aromatic N) is 8. The number of nitrogens with two attached hydrogens (primary N) is 3. The number of carbonyl (C=O) groups excluding carboxylic acids is 1. The molecule has 4 aromatic rings. The number of pyridine rings is 2. The van der Waals surface area contributed by atoms with Crippen LogP contribution in [0.25, 0.3) is 0 Å². The SMILES string of the molecule is Nc1cnccc1N1CCOCC1.Nc1ncc(Br)nc1C(=O)Cc1cnccc1N1CCOCC1.Nc1ncc(Br)nc1C(=O)O. The summed E-state index contributed by atoms with van der Waals surface area (Å²) < 4.78 is 11.5. The van der Waals surface area contributed by atoms with Gasteiger partial charge in [0.15, 0.2) is 23.1 Å². The Hall–Kier alpha value is -4.52. The molecule has 2 saturated heterocycles. The Kier molecular flexibility index (Phi) is 13.1. The minimum atomic E-state index is -1.18. The predicted molar refractivity (Wildman–Crippen MR) is 182 cm³/mol. The second-order valence-electron chi connectivity index (χ2n) is 9.90. The molecule has 6 rings (SSSR count). The number of aromatic nitrogens is 6. The summed E-state index contributed by atoms with van der Waals surface area (Å²) in [6.07, 6.45) is 9.87. The summed E-state index contributed by atoms with van der Waals surface area (Å²) in [4.78, 5) is 50.7. The number of ketones is 1. The number of aromatic carboxylic acids is 1. The molecule has 0 bridgehead atoms. The Morgan fingerprint density at radius 1 is 0.745 bits per heavy atom. The van der Waals surface area contributed by atoms with Gasteiger partial charge in [0.05, 0.1) is 56.4 Å². The summed E-state index contributed by atoms with van der Waals surface area (Å²) in [5.41, 5.74) is 20.4. The molecule has 18 heteroatoms. The fourth-order valence-electron chi connectivity index (χ4n) is 4.53. The zero-order chi connectivity index (χ0) is 33.8. The van der Waals surface area contributed by atoms with E-state index in [2.05, 4.69) is 71.6 Å². The van der Waals surface area contributed by atoms with Crippen LogP contribution in [0.1, 0.15) is 26.5 Å². The lowest BCUT2D eigenvalue weighted by Crippen LogP contribution is -2.37. The average molecular weight is 775 g/mol. The molecule has 0 aliphatic carbocycles. The molecule has 2 aliphatic heterocycles. The van der Waals surface area contributed by atoms with Crippen molar-refractivity contribution < 1.29 is 24.2 Å². The number of ether oxygens (including phenoxy) is 2. The van der Waals surface area contributed by atoms with Gasteiger partial charge in [-0.05, 0) is 44.0 Å². The van der Waals surface area contributed by atoms with Gasteiger partial charge in [0.2, 0.25) is 0 Å². The lowest BCUT2D eigenvalue weighted by atomic mass is 10.1. The van der Waals surface area contributed by atoms with Crippen LogP contribution in [0, 0.1) is 0 Å². The lowest BCUT2D eigenvalue weighted by molar-refractivity contribution is 0.0690. The van der Waals surface area contributed by atoms with E-state index in [-0.39, 0.29) is 35.2 Å². The fourth-order valence-corrected chi connectivity index (χ4v) is 5.09. The van der Waals surface area contributed by atoms with E-state index in [9.17, 15) is 9.59 Å². The van der Waals surface area contributed by atoms with E-state index in [1.54, 1.807) is 24.8 Å². The first-order valence-corrected chi connectivity index (χ1v) is 15.8. The van der Waals surface area contributed by atoms with Crippen molar-refractivity contribution >= 4 is 72.3 Å². The maximum Gasteiger partial charge on any atom is 0.358 e. The number of nitrogen functional groups attached to an aromatic ring is 3. The molecule has 6 heterocycles. The number of carboxylic acid groups (broad SMARTS) is 1. The van der Waals surface area contributed by atoms with Crippen LogP contribution in [0.3, 0.4) is 0 Å². The van der Waals surface area contributed by atoms with Crippen LogP contribution < -0.4 is 27.0 Å². The van der Waals surface area contributed by atoms with Gasteiger partial charge < -0.3 is 41.6 Å². The zero-order valence-corrected chi connectivity index (χ0v) is 28.3. The molecule has 248 valence electrons. The summed E-state index contributed by atoms with van der Waals surface area (Å²) in [7, 11) is 0. The highest BCUT2D eigenvalue weighted by molar-refractivity contribution is 9.10. The zero-order valence-electron chi connectivity index (χ0n) is 25.1. The third-order valence-corrected chi connectivity index (χ3v) is 7.53. The largest absolute Gasteiger partial charge is 0.476 e. The quantitative estimate of drug-likeness (QED) is 0.206. The number of Topliss-reactive ketones (excluding diaryl/α,β-unsaturated/α-hetero) is 1. The van der Waals surface area contributed by atoms with Crippen molar-refractivity contribution in [3.63, 3.8) is 0 Å². The minimum absolute atomic E-state index is 0.0827. The van der Waals surface area contributed by atoms with Gasteiger partial charge in [-0.25, -0.2) is 24.7 Å². The van der Waals surface area contributed by atoms with Crippen molar-refractivity contribution in [2.45, 2.75) is 6.42 Å². The first-order valence-electron chi connectivity index (χ1n) is 14.2. The second kappa shape index (κ2) is 17.4. The Balaban J connectivity index is 0.000000176. The van der Waals surface area contributed by atoms with Gasteiger partial charge in [-0.15, -0.1) is 0 Å². The molecular formula is C29H33Br2N11O5. The first-order chi connectivity index (χ1) is 22.6. The van der Waals surface area contributed by atoms with E-state index >= 15 is 0 Å². The molecule has 2 aliphatic rings. The van der Waals surface area contributed by atoms with Crippen LogP contribution in [0.2, 0.25) is 0 Å². The Labute approximate surface area is 287 Å². The number of anilines is 5. The van der Waals surface area contributed by atoms with Crippen molar-refractivity contribution in [1.29, 1.82) is 0 Å². The third kappa shape index (κ3) is 10.2. The number of rotatable bonds is 6. The maximum atomic E-state index is 12.5. The van der Waals surface area contributed by atoms with Crippen molar-refractivity contribution in [3.8, 4) is 0 Å². The van der Waals surface area contributed by atoms with Crippen LogP contribution >= 0.6 is 31.9 Å². The highest BCUT2D eigenvalue weighted by Crippen LogP contribution is 2.24. The van der Waals surface area contributed by atoms with E-state index in [0.29, 0.717) is 22.4 Å². The van der Waals surface area contributed by atoms with Crippen molar-refractivity contribution in [2.24, 2.45) is 0 Å². The number of carbonyl (C=O) groups is 2. The van der Waals surface area contributed by atoms with E-state index in [0.717, 1.165) is 62.0 Å². The van der Waals surface area contributed by atoms with Crippen LogP contribution in [0.15, 0.2) is 58.5 Å². The molecule has 7 N–H and O–H groups in total. The smallest absolute Gasteiger partial charge is 0.358 e. The lowest BCUT2D eigenvalue weighted by Gasteiger charge is -2.30. The number of hydrogen-bond acceptors (Lipinski definition) is 15. The topological polar surface area (TPSA) is 235 Å². The van der Waals surface area contributed by atoms with Crippen molar-refractivity contribution in [3.05, 3.63) is 75.5 Å². The normalized spacial score (nSPS) is 14.3. The summed E-state index contributed by atoms with van der Waals surface area (Å²) >= 11 is 6.18. The van der Waals surface area contributed by atoms with Gasteiger partial charge in [-0.2, -0.15) is 0 Å². The Bertz CT molecular complexity index is 1670. The predicted octanol–water partition coefficient (Wildman–Crippen LogP) is 2.50. The molecular weight excluding hydrogens is 742 g/mol. The molecule has 2 fully saturated rings. The van der Waals surface area contributed by atoms with Gasteiger partial charge in [0.1, 0.15) is 14.9 Å². The molecule has 0 spiro atoms. The maximum absolute atomic E-state index is 12.5. The molecule has 4 aromatic heterocycles. The third-order valence-electron chi connectivity index (χ3n) is 6.77. The summed E-state index contributed by atoms with van der Waals surface area (Å²) in [5.74, 6) is -1.31. The summed E-state index contributed by atoms with van der Waals surface area (Å²) in [6.45, 7) is 6.33. The van der Waals surface area contributed by atoms with Crippen molar-refractivity contribution in [1.82, 2.24) is 29.9 Å². The van der Waals surface area contributed by atoms with E-state index in [1.165, 1.54) is 12.4 Å². The molecule has 0 amide bonds. The molecule has 0 atom stereocenters. The number of morpholine rings is 2. The van der Waals surface area contributed by atoms with Crippen LogP contribution in [-0.4, -0.2) is 99.4 Å². The summed E-state index contributed by atoms with van der Waals surface area (Å²) in [6, 6.07) is 3.87. The van der Waals surface area contributed by atoms with Gasteiger partial charge in [0.25, 0.3) is 0 Å². The Morgan fingerprint density at radius 2 is 1.23 bits per heavy atom. The van der Waals surface area contributed by atoms with E-state index < -0.39 is 5.97 Å². The number of hydrogen-bond donors (Lipinski definition) is 4. The van der Waals surface area contributed by atoms with E-state index in [4.69, 9.17) is 31.8 Å². The molecule has 0 radical (unpaired) electrons. The monoisotopic (exact) mass is 773 g/mol. The Morgan fingerprint density at radius 3 is 1.77 bits per heavy atom. The van der Waals surface area contributed by atoms with Crippen LogP contribution in [0.4, 0.5) is 28.7 Å². The standard InChI is InChI=1S/C15H16BrN5O2.C9H13N3O.C5H4BrN3O2/c16-13-9-19-15(17)14(20-13)12(22)7-10-8-18-2-1-11(10)21-3-5-23-6-4-21;10-8-7-11-2-1-9(8)12-3-5-13-6-4-12;6-2-1-8-4(7)3(9-2)5(10)11/h1-2,8-9H,3-7H2,(H2,17,19);1-2,7H,3-6,10H2;1H,(H2,7,8)(H,10,11).